The van der Waals surface area contributed by atoms with Crippen molar-refractivity contribution in [2.24, 2.45) is 0 Å². The Morgan fingerprint density at radius 2 is 2.06 bits per heavy atom. The number of carbonyl (C=O) groups excluding carboxylic acids is 2. The van der Waals surface area contributed by atoms with Gasteiger partial charge >= 0.3 is 6.03 Å². The molecular formula is C23H17ClFN5O3S. The molecule has 0 saturated carbocycles. The zero-order chi connectivity index (χ0) is 24.6. The molecule has 0 aliphatic carbocycles. The first-order valence-electron chi connectivity index (χ1n) is 10.1. The number of aromatic nitrogens is 1. The van der Waals surface area contributed by atoms with Gasteiger partial charge in [0.1, 0.15) is 5.25 Å². The summed E-state index contributed by atoms with van der Waals surface area (Å²) in [4.78, 5) is 34.0. The van der Waals surface area contributed by atoms with Gasteiger partial charge in [-0.25, -0.2) is 14.1 Å². The zero-order valence-corrected chi connectivity index (χ0v) is 19.7. The molecule has 172 valence electrons. The first kappa shape index (κ1) is 23.6. The van der Waals surface area contributed by atoms with Gasteiger partial charge in [0.2, 0.25) is 0 Å². The van der Waals surface area contributed by atoms with Crippen LogP contribution in [0.2, 0.25) is 5.02 Å². The minimum atomic E-state index is -0.743. The van der Waals surface area contributed by atoms with Crippen LogP contribution in [0.4, 0.5) is 14.9 Å². The molecule has 1 fully saturated rings. The summed E-state index contributed by atoms with van der Waals surface area (Å²) in [6.45, 7) is 1.77. The average molecular weight is 498 g/mol. The van der Waals surface area contributed by atoms with E-state index in [1.807, 2.05) is 12.1 Å². The van der Waals surface area contributed by atoms with Crippen molar-refractivity contribution in [3.8, 4) is 17.9 Å². The van der Waals surface area contributed by atoms with Crippen molar-refractivity contribution in [1.29, 1.82) is 10.5 Å². The average Bonchev–Trinajstić information content (AvgIpc) is 3.27. The quantitative estimate of drug-likeness (QED) is 0.606. The molecule has 34 heavy (non-hydrogen) atoms. The number of nitrogens with zero attached hydrogens (tertiary/aromatic N) is 5. The van der Waals surface area contributed by atoms with E-state index in [9.17, 15) is 19.2 Å². The number of benzene rings is 1. The van der Waals surface area contributed by atoms with Crippen LogP contribution in [0.5, 0.6) is 5.75 Å². The number of imide groups is 1. The topological polar surface area (TPSA) is 110 Å². The van der Waals surface area contributed by atoms with Crippen LogP contribution < -0.4 is 9.64 Å². The van der Waals surface area contributed by atoms with Gasteiger partial charge in [0.05, 0.1) is 54.2 Å². The van der Waals surface area contributed by atoms with Gasteiger partial charge in [-0.2, -0.15) is 10.5 Å². The van der Waals surface area contributed by atoms with Crippen molar-refractivity contribution in [3.05, 3.63) is 58.1 Å². The van der Waals surface area contributed by atoms with Crippen LogP contribution >= 0.6 is 23.4 Å². The molecule has 1 saturated heterocycles. The van der Waals surface area contributed by atoms with Crippen molar-refractivity contribution >= 4 is 45.9 Å². The van der Waals surface area contributed by atoms with Gasteiger partial charge in [-0.1, -0.05) is 11.6 Å². The van der Waals surface area contributed by atoms with E-state index in [0.717, 1.165) is 11.0 Å². The van der Waals surface area contributed by atoms with Crippen molar-refractivity contribution < 1.29 is 18.7 Å². The van der Waals surface area contributed by atoms with Gasteiger partial charge in [-0.05, 0) is 30.7 Å². The molecule has 0 spiro atoms. The maximum absolute atomic E-state index is 14.2. The highest BCUT2D eigenvalue weighted by Crippen LogP contribution is 2.47. The molecule has 4 rings (SSSR count). The van der Waals surface area contributed by atoms with Gasteiger partial charge in [-0.3, -0.25) is 9.78 Å². The summed E-state index contributed by atoms with van der Waals surface area (Å²) >= 11 is 7.35. The molecule has 2 aliphatic rings. The summed E-state index contributed by atoms with van der Waals surface area (Å²) in [6, 6.07) is 5.22. The smallest absolute Gasteiger partial charge is 0.332 e. The van der Waals surface area contributed by atoms with E-state index in [1.54, 1.807) is 13.0 Å². The maximum atomic E-state index is 14.2. The van der Waals surface area contributed by atoms with Crippen molar-refractivity contribution in [3.63, 3.8) is 0 Å². The summed E-state index contributed by atoms with van der Waals surface area (Å²) in [5.74, 6) is -1.20. The molecule has 1 aromatic heterocycles. The van der Waals surface area contributed by atoms with Gasteiger partial charge in [0, 0.05) is 23.2 Å². The highest BCUT2D eigenvalue weighted by atomic mass is 35.5. The lowest BCUT2D eigenvalue weighted by atomic mass is 10.0. The number of ether oxygens (including phenoxy) is 1. The zero-order valence-electron chi connectivity index (χ0n) is 18.1. The van der Waals surface area contributed by atoms with Crippen LogP contribution in [0.15, 0.2) is 30.6 Å². The Labute approximate surface area is 204 Å². The van der Waals surface area contributed by atoms with Crippen LogP contribution in [-0.4, -0.2) is 46.8 Å². The Balaban J connectivity index is 1.80. The molecule has 3 heterocycles. The predicted molar refractivity (Wildman–Crippen MR) is 125 cm³/mol. The van der Waals surface area contributed by atoms with E-state index >= 15 is 0 Å². The third kappa shape index (κ3) is 3.85. The Hall–Kier alpha value is -3.60. The Kier molecular flexibility index (Phi) is 6.47. The number of hydrogen-bond acceptors (Lipinski definition) is 7. The molecule has 11 heteroatoms. The fourth-order valence-corrected chi connectivity index (χ4v) is 5.44. The summed E-state index contributed by atoms with van der Waals surface area (Å²) in [5.41, 5.74) is 1.25. The summed E-state index contributed by atoms with van der Waals surface area (Å²) < 4.78 is 19.2. The molecule has 1 aromatic carbocycles. The molecule has 2 aliphatic heterocycles. The van der Waals surface area contributed by atoms with Crippen LogP contribution in [0.25, 0.3) is 4.91 Å². The minimum absolute atomic E-state index is 0.0450. The van der Waals surface area contributed by atoms with Crippen LogP contribution in [0.3, 0.4) is 0 Å². The number of hydrogen-bond donors (Lipinski definition) is 0. The Morgan fingerprint density at radius 3 is 2.74 bits per heavy atom. The van der Waals surface area contributed by atoms with E-state index in [4.69, 9.17) is 21.6 Å². The van der Waals surface area contributed by atoms with Gasteiger partial charge in [0.15, 0.2) is 11.6 Å². The lowest BCUT2D eigenvalue weighted by Crippen LogP contribution is -2.62. The van der Waals surface area contributed by atoms with Crippen LogP contribution in [-0.2, 0) is 4.79 Å². The largest absolute Gasteiger partial charge is 0.494 e. The third-order valence-electron chi connectivity index (χ3n) is 5.66. The first-order valence-corrected chi connectivity index (χ1v) is 11.4. The molecule has 0 bridgehead atoms. The first-order chi connectivity index (χ1) is 16.3. The van der Waals surface area contributed by atoms with E-state index in [0.29, 0.717) is 21.1 Å². The number of carbonyl (C=O) groups is 2. The van der Waals surface area contributed by atoms with E-state index < -0.39 is 29.0 Å². The van der Waals surface area contributed by atoms with E-state index in [-0.39, 0.29) is 30.0 Å². The third-order valence-corrected chi connectivity index (χ3v) is 7.38. The summed E-state index contributed by atoms with van der Waals surface area (Å²) in [7, 11) is 1.31. The molecular weight excluding hydrogens is 481 g/mol. The minimum Gasteiger partial charge on any atom is -0.494 e. The highest BCUT2D eigenvalue weighted by Gasteiger charge is 2.50. The number of methoxy groups -OCH3 is 1. The Bertz CT molecular complexity index is 1320. The number of thioether (sulfide) groups is 1. The van der Waals surface area contributed by atoms with Crippen molar-refractivity contribution in [1.82, 2.24) is 9.88 Å². The molecule has 0 radical (unpaired) electrons. The van der Waals surface area contributed by atoms with Crippen molar-refractivity contribution in [2.45, 2.75) is 24.6 Å². The lowest BCUT2D eigenvalue weighted by Gasteiger charge is -2.41. The van der Waals surface area contributed by atoms with E-state index in [1.165, 1.54) is 42.2 Å². The number of anilines is 1. The highest BCUT2D eigenvalue weighted by molar-refractivity contribution is 8.09. The SMILES string of the molecule is COc1cc(C2=CC3C(S2)C(=O)N(c2cncc(Cl)c2C)C(=O)N3CCC#N)c(C#N)cc1F. The summed E-state index contributed by atoms with van der Waals surface area (Å²) in [5, 5.41) is 18.2. The van der Waals surface area contributed by atoms with Gasteiger partial charge < -0.3 is 9.64 Å². The monoisotopic (exact) mass is 497 g/mol. The number of nitriles is 2. The molecule has 3 amide bonds. The standard InChI is InChI=1S/C23H17ClFN5O3S/c1-12-15(24)10-28-11-18(12)30-22(31)21-17(29(23(30)32)5-3-4-26)8-20(34-21)14-7-19(33-2)16(25)6-13(14)9-27/h6-8,10-11,17,21H,3,5H2,1-2H3. The lowest BCUT2D eigenvalue weighted by molar-refractivity contribution is -0.119. The van der Waals surface area contributed by atoms with Gasteiger partial charge in [-0.15, -0.1) is 11.8 Å². The van der Waals surface area contributed by atoms with Gasteiger partial charge in [0.25, 0.3) is 5.91 Å². The second-order valence-electron chi connectivity index (χ2n) is 7.53. The summed E-state index contributed by atoms with van der Waals surface area (Å²) in [6.07, 6.45) is 4.58. The predicted octanol–water partition coefficient (Wildman–Crippen LogP) is 4.27. The second-order valence-corrected chi connectivity index (χ2v) is 9.12. The van der Waals surface area contributed by atoms with Crippen LogP contribution in [0, 0.1) is 35.4 Å². The fraction of sp³-hybridized carbons (Fsp3) is 0.261. The molecule has 2 unspecified atom stereocenters. The molecule has 0 N–H and O–H groups in total. The Morgan fingerprint density at radius 1 is 1.29 bits per heavy atom. The number of rotatable bonds is 5. The number of fused-ring (bicyclic) bond motifs is 1. The number of halogens is 2. The normalized spacial score (nSPS) is 19.4. The molecule has 2 atom stereocenters. The number of amides is 3. The van der Waals surface area contributed by atoms with Crippen molar-refractivity contribution in [2.75, 3.05) is 18.6 Å². The molecule has 8 nitrogen and oxygen atoms in total. The molecule has 2 aromatic rings. The van der Waals surface area contributed by atoms with E-state index in [2.05, 4.69) is 4.98 Å². The number of pyridine rings is 1. The second kappa shape index (κ2) is 9.34. The number of urea groups is 1. The van der Waals surface area contributed by atoms with Crippen LogP contribution in [0.1, 0.15) is 23.1 Å². The fourth-order valence-electron chi connectivity index (χ4n) is 3.93. The maximum Gasteiger partial charge on any atom is 0.332 e.